The summed E-state index contributed by atoms with van der Waals surface area (Å²) < 4.78 is 10.3. The third kappa shape index (κ3) is 3.66. The van der Waals surface area contributed by atoms with E-state index in [4.69, 9.17) is 9.47 Å². The highest BCUT2D eigenvalue weighted by atomic mass is 16.7. The van der Waals surface area contributed by atoms with Gasteiger partial charge in [-0.25, -0.2) is 0 Å². The summed E-state index contributed by atoms with van der Waals surface area (Å²) in [5.41, 5.74) is 0. The van der Waals surface area contributed by atoms with Gasteiger partial charge in [0.2, 0.25) is 0 Å². The van der Waals surface area contributed by atoms with Gasteiger partial charge in [-0.05, 0) is 0 Å². The summed E-state index contributed by atoms with van der Waals surface area (Å²) in [6, 6.07) is -0.866. The average molecular weight is 339 g/mol. The normalized spacial score (nSPS) is 49.3. The van der Waals surface area contributed by atoms with Crippen LogP contribution in [0.4, 0.5) is 0 Å². The molecule has 2 aliphatic rings. The van der Waals surface area contributed by atoms with Gasteiger partial charge in [-0.1, -0.05) is 0 Å². The molecule has 2 heterocycles. The molecule has 2 aliphatic heterocycles. The summed E-state index contributed by atoms with van der Waals surface area (Å²) in [6.07, 6.45) is -10.5. The Labute approximate surface area is 133 Å². The highest BCUT2D eigenvalue weighted by molar-refractivity contribution is 4.97. The molecule has 10 nitrogen and oxygen atoms in total. The molecule has 2 saturated heterocycles. The van der Waals surface area contributed by atoms with Crippen LogP contribution in [0, 0.1) is 0 Å². The maximum atomic E-state index is 10.0. The van der Waals surface area contributed by atoms with Crippen LogP contribution in [0.15, 0.2) is 0 Å². The summed E-state index contributed by atoms with van der Waals surface area (Å²) in [7, 11) is 1.27. The molecule has 0 spiro atoms. The van der Waals surface area contributed by atoms with E-state index in [9.17, 15) is 35.7 Å². The van der Waals surface area contributed by atoms with Gasteiger partial charge >= 0.3 is 0 Å². The number of rotatable bonds is 4. The first-order valence-electron chi connectivity index (χ1n) is 7.43. The quantitative estimate of drug-likeness (QED) is 0.264. The van der Waals surface area contributed by atoms with E-state index in [1.54, 1.807) is 0 Å². The van der Waals surface area contributed by atoms with Crippen LogP contribution in [0.5, 0.6) is 0 Å². The second-order valence-corrected chi connectivity index (χ2v) is 6.00. The van der Waals surface area contributed by atoms with Crippen LogP contribution >= 0.6 is 0 Å². The first-order chi connectivity index (χ1) is 10.8. The highest BCUT2D eigenvalue weighted by Gasteiger charge is 2.47. The Bertz CT molecular complexity index is 384. The van der Waals surface area contributed by atoms with Crippen LogP contribution in [0.1, 0.15) is 0 Å². The SMILES string of the molecule is CO[C@H]1OC(CN2CC(O)C(O)[C@H](O)C2CO)[C@@H](O)C(O)C1O. The van der Waals surface area contributed by atoms with Crippen molar-refractivity contribution in [2.75, 3.05) is 26.8 Å². The Morgan fingerprint density at radius 1 is 0.957 bits per heavy atom. The molecular formula is C13H25NO9. The van der Waals surface area contributed by atoms with Crippen molar-refractivity contribution >= 4 is 0 Å². The number of piperidine rings is 1. The monoisotopic (exact) mass is 339 g/mol. The van der Waals surface area contributed by atoms with E-state index >= 15 is 0 Å². The van der Waals surface area contributed by atoms with E-state index < -0.39 is 61.7 Å². The average Bonchev–Trinajstić information content (AvgIpc) is 2.53. The second kappa shape index (κ2) is 7.66. The van der Waals surface area contributed by atoms with Gasteiger partial charge in [0, 0.05) is 20.2 Å². The van der Waals surface area contributed by atoms with Crippen molar-refractivity contribution in [3.05, 3.63) is 0 Å². The molecule has 10 heteroatoms. The predicted molar refractivity (Wildman–Crippen MR) is 74.2 cm³/mol. The number of hydrogen-bond acceptors (Lipinski definition) is 10. The third-order valence-corrected chi connectivity index (χ3v) is 4.53. The number of methoxy groups -OCH3 is 1. The molecule has 136 valence electrons. The fraction of sp³-hybridized carbons (Fsp3) is 1.00. The summed E-state index contributed by atoms with van der Waals surface area (Å²) in [5, 5.41) is 68.4. The number of nitrogens with zero attached hydrogens (tertiary/aromatic N) is 1. The van der Waals surface area contributed by atoms with E-state index in [1.807, 2.05) is 0 Å². The summed E-state index contributed by atoms with van der Waals surface area (Å²) >= 11 is 0. The van der Waals surface area contributed by atoms with Crippen molar-refractivity contribution in [1.82, 2.24) is 4.90 Å². The molecule has 2 rings (SSSR count). The molecule has 6 unspecified atom stereocenters. The van der Waals surface area contributed by atoms with Crippen LogP contribution in [-0.2, 0) is 9.47 Å². The minimum Gasteiger partial charge on any atom is -0.395 e. The maximum Gasteiger partial charge on any atom is 0.186 e. The van der Waals surface area contributed by atoms with Gasteiger partial charge in [0.1, 0.15) is 36.6 Å². The Balaban J connectivity index is 2.09. The van der Waals surface area contributed by atoms with Gasteiger partial charge in [-0.2, -0.15) is 0 Å². The molecule has 0 aromatic rings. The van der Waals surface area contributed by atoms with E-state index in [-0.39, 0.29) is 13.1 Å². The van der Waals surface area contributed by atoms with Gasteiger partial charge in [0.25, 0.3) is 0 Å². The summed E-state index contributed by atoms with van der Waals surface area (Å²) in [6.45, 7) is -0.601. The van der Waals surface area contributed by atoms with Crippen molar-refractivity contribution in [1.29, 1.82) is 0 Å². The zero-order valence-corrected chi connectivity index (χ0v) is 12.7. The van der Waals surface area contributed by atoms with Gasteiger partial charge < -0.3 is 45.2 Å². The molecule has 0 aromatic carbocycles. The van der Waals surface area contributed by atoms with Crippen LogP contribution in [0.3, 0.4) is 0 Å². The van der Waals surface area contributed by atoms with Gasteiger partial charge in [0.15, 0.2) is 6.29 Å². The second-order valence-electron chi connectivity index (χ2n) is 6.00. The largest absolute Gasteiger partial charge is 0.395 e. The smallest absolute Gasteiger partial charge is 0.186 e. The highest BCUT2D eigenvalue weighted by Crippen LogP contribution is 2.25. The zero-order chi connectivity index (χ0) is 17.3. The fourth-order valence-electron chi connectivity index (χ4n) is 3.08. The number of aliphatic hydroxyl groups is 7. The molecule has 0 bridgehead atoms. The Morgan fingerprint density at radius 3 is 2.17 bits per heavy atom. The molecule has 0 amide bonds. The molecule has 0 aromatic heterocycles. The minimum absolute atomic E-state index is 0.0587. The van der Waals surface area contributed by atoms with E-state index in [1.165, 1.54) is 12.0 Å². The fourth-order valence-corrected chi connectivity index (χ4v) is 3.08. The zero-order valence-electron chi connectivity index (χ0n) is 12.7. The van der Waals surface area contributed by atoms with Crippen LogP contribution < -0.4 is 0 Å². The number of hydrogen-bond donors (Lipinski definition) is 7. The van der Waals surface area contributed by atoms with Crippen molar-refractivity contribution < 1.29 is 45.2 Å². The molecule has 0 aliphatic carbocycles. The Kier molecular flexibility index (Phi) is 6.30. The first kappa shape index (κ1) is 18.9. The van der Waals surface area contributed by atoms with Crippen molar-refractivity contribution in [3.8, 4) is 0 Å². The van der Waals surface area contributed by atoms with Crippen LogP contribution in [0.2, 0.25) is 0 Å². The van der Waals surface area contributed by atoms with E-state index in [2.05, 4.69) is 0 Å². The van der Waals surface area contributed by atoms with Crippen LogP contribution in [0.25, 0.3) is 0 Å². The van der Waals surface area contributed by atoms with Crippen molar-refractivity contribution in [2.45, 2.75) is 55.1 Å². The van der Waals surface area contributed by atoms with Gasteiger partial charge in [-0.15, -0.1) is 0 Å². The van der Waals surface area contributed by atoms with E-state index in [0.717, 1.165) is 0 Å². The number of aliphatic hydroxyl groups excluding tert-OH is 7. The molecule has 7 N–H and O–H groups in total. The minimum atomic E-state index is -1.49. The topological polar surface area (TPSA) is 163 Å². The maximum absolute atomic E-state index is 10.0. The molecule has 0 radical (unpaired) electrons. The lowest BCUT2D eigenvalue weighted by Crippen LogP contribution is -2.66. The number of ether oxygens (including phenoxy) is 2. The summed E-state index contributed by atoms with van der Waals surface area (Å²) in [5.74, 6) is 0. The lowest BCUT2D eigenvalue weighted by Gasteiger charge is -2.46. The molecule has 23 heavy (non-hydrogen) atoms. The standard InChI is InChI=1S/C13H25NO9/c1-22-13-12(21)11(20)10(19)7(23-13)3-14-2-6(16)9(18)8(17)5(14)4-15/h5-13,15-21H,2-4H2,1H3/t5?,6?,7?,8-,9?,10-,11?,12?,13+/m1/s1. The number of likely N-dealkylation sites (tertiary alicyclic amines) is 1. The van der Waals surface area contributed by atoms with Gasteiger partial charge in [-0.3, -0.25) is 4.90 Å². The predicted octanol–water partition coefficient (Wildman–Crippen LogP) is -4.80. The van der Waals surface area contributed by atoms with Crippen LogP contribution in [-0.4, -0.2) is 123 Å². The van der Waals surface area contributed by atoms with Crippen molar-refractivity contribution in [2.24, 2.45) is 0 Å². The molecule has 9 atom stereocenters. The first-order valence-corrected chi connectivity index (χ1v) is 7.43. The molecular weight excluding hydrogens is 314 g/mol. The van der Waals surface area contributed by atoms with Crippen molar-refractivity contribution in [3.63, 3.8) is 0 Å². The number of β-amino-alcohol motifs (C(OH)–C–C–N with tert-alkyl or cyclic N) is 1. The third-order valence-electron chi connectivity index (χ3n) is 4.53. The lowest BCUT2D eigenvalue weighted by atomic mass is 9.92. The molecule has 0 saturated carbocycles. The van der Waals surface area contributed by atoms with Gasteiger partial charge in [0.05, 0.1) is 18.8 Å². The lowest BCUT2D eigenvalue weighted by molar-refractivity contribution is -0.294. The Morgan fingerprint density at radius 2 is 1.61 bits per heavy atom. The molecule has 2 fully saturated rings. The summed E-state index contributed by atoms with van der Waals surface area (Å²) in [4.78, 5) is 1.45. The Hall–Kier alpha value is -0.400. The van der Waals surface area contributed by atoms with E-state index in [0.29, 0.717) is 0 Å².